The van der Waals surface area contributed by atoms with Crippen LogP contribution in [0.3, 0.4) is 0 Å². The van der Waals surface area contributed by atoms with Crippen LogP contribution in [0, 0.1) is 11.8 Å². The molecule has 37 heavy (non-hydrogen) atoms. The summed E-state index contributed by atoms with van der Waals surface area (Å²) in [4.78, 5) is 47.9. The summed E-state index contributed by atoms with van der Waals surface area (Å²) in [6, 6.07) is 7.85. The van der Waals surface area contributed by atoms with E-state index < -0.39 is 35.1 Å². The fraction of sp³-hybridized carbons (Fsp3) is 0.552. The number of nitrogens with zero attached hydrogens (tertiary/aromatic N) is 3. The van der Waals surface area contributed by atoms with Gasteiger partial charge in [0.2, 0.25) is 17.7 Å². The van der Waals surface area contributed by atoms with Gasteiger partial charge < -0.3 is 24.5 Å². The van der Waals surface area contributed by atoms with Crippen molar-refractivity contribution in [3.63, 3.8) is 0 Å². The Bertz CT molecular complexity index is 1130. The SMILES string of the molecule is CC[C@@H](CO)N1C(=O)[C@@H]2[C@H]3C(=O)N(c4ccccc4)CC=C[C@@]3(CC)O[C@@]23C=CCN(C(C)C)C(=O)C13. The number of rotatable bonds is 6. The first-order valence-corrected chi connectivity index (χ1v) is 13.4. The van der Waals surface area contributed by atoms with Crippen molar-refractivity contribution < 1.29 is 24.2 Å². The van der Waals surface area contributed by atoms with Gasteiger partial charge in [0.05, 0.1) is 30.1 Å². The molecule has 8 nitrogen and oxygen atoms in total. The van der Waals surface area contributed by atoms with Gasteiger partial charge in [-0.15, -0.1) is 0 Å². The molecule has 4 aliphatic rings. The van der Waals surface area contributed by atoms with Crippen LogP contribution in [0.2, 0.25) is 0 Å². The molecule has 3 amide bonds. The van der Waals surface area contributed by atoms with Gasteiger partial charge in [-0.05, 0) is 38.8 Å². The number of hydrogen-bond acceptors (Lipinski definition) is 5. The fourth-order valence-electron chi connectivity index (χ4n) is 6.83. The Balaban J connectivity index is 1.70. The Kier molecular flexibility index (Phi) is 6.52. The van der Waals surface area contributed by atoms with Crippen LogP contribution in [0.15, 0.2) is 54.6 Å². The van der Waals surface area contributed by atoms with Gasteiger partial charge in [0.15, 0.2) is 0 Å². The molecule has 1 aromatic rings. The van der Waals surface area contributed by atoms with E-state index in [4.69, 9.17) is 4.74 Å². The number of ether oxygens (including phenoxy) is 1. The molecule has 198 valence electrons. The number of aliphatic hydroxyl groups is 1. The second kappa shape index (κ2) is 9.40. The van der Waals surface area contributed by atoms with Gasteiger partial charge >= 0.3 is 0 Å². The zero-order chi connectivity index (χ0) is 26.5. The lowest BCUT2D eigenvalue weighted by atomic mass is 9.73. The van der Waals surface area contributed by atoms with Crippen LogP contribution in [-0.4, -0.2) is 81.7 Å². The molecule has 4 aliphatic heterocycles. The lowest BCUT2D eigenvalue weighted by molar-refractivity contribution is -0.156. The molecule has 8 heteroatoms. The molecule has 1 spiro atoms. The van der Waals surface area contributed by atoms with Crippen molar-refractivity contribution in [2.24, 2.45) is 11.8 Å². The van der Waals surface area contributed by atoms with Gasteiger partial charge in [0.1, 0.15) is 11.6 Å². The summed E-state index contributed by atoms with van der Waals surface area (Å²) in [6.07, 6.45) is 8.60. The molecule has 6 atom stereocenters. The van der Waals surface area contributed by atoms with Crippen molar-refractivity contribution in [1.82, 2.24) is 9.80 Å². The van der Waals surface area contributed by atoms with Crippen LogP contribution in [0.4, 0.5) is 5.69 Å². The smallest absolute Gasteiger partial charge is 0.249 e. The van der Waals surface area contributed by atoms with Crippen molar-refractivity contribution in [3.05, 3.63) is 54.6 Å². The van der Waals surface area contributed by atoms with Crippen LogP contribution in [0.25, 0.3) is 0 Å². The Morgan fingerprint density at radius 3 is 2.30 bits per heavy atom. The second-order valence-electron chi connectivity index (χ2n) is 10.8. The van der Waals surface area contributed by atoms with Crippen molar-refractivity contribution in [2.45, 2.75) is 69.9 Å². The molecule has 1 aromatic carbocycles. The largest absolute Gasteiger partial charge is 0.394 e. The average Bonchev–Trinajstić information content (AvgIpc) is 3.18. The van der Waals surface area contributed by atoms with E-state index >= 15 is 0 Å². The van der Waals surface area contributed by atoms with Crippen molar-refractivity contribution in [2.75, 3.05) is 24.6 Å². The number of benzene rings is 1. The van der Waals surface area contributed by atoms with Crippen molar-refractivity contribution in [1.29, 1.82) is 0 Å². The minimum Gasteiger partial charge on any atom is -0.394 e. The number of carbonyl (C=O) groups excluding carboxylic acids is 3. The lowest BCUT2D eigenvalue weighted by Gasteiger charge is -2.41. The highest BCUT2D eigenvalue weighted by molar-refractivity contribution is 6.04. The van der Waals surface area contributed by atoms with E-state index in [-0.39, 0.29) is 30.4 Å². The molecule has 0 aromatic heterocycles. The molecule has 0 radical (unpaired) electrons. The van der Waals surface area contributed by atoms with E-state index in [0.717, 1.165) is 5.69 Å². The molecule has 2 fully saturated rings. The fourth-order valence-corrected chi connectivity index (χ4v) is 6.83. The Morgan fingerprint density at radius 2 is 1.68 bits per heavy atom. The maximum Gasteiger partial charge on any atom is 0.249 e. The van der Waals surface area contributed by atoms with Crippen LogP contribution < -0.4 is 4.90 Å². The first kappa shape index (κ1) is 25.7. The zero-order valence-electron chi connectivity index (χ0n) is 22.0. The summed E-state index contributed by atoms with van der Waals surface area (Å²) in [6.45, 7) is 8.24. The summed E-state index contributed by atoms with van der Waals surface area (Å²) in [5.41, 5.74) is -1.57. The standard InChI is InChI=1S/C29H37N3O5/c1-5-20(18-33)32-24-27(36)30(19(3)4)16-11-15-29(24)23(26(32)35)22-25(34)31(21-12-8-7-9-13-21)17-10-14-28(22,6-2)37-29/h7-15,19-20,22-24,33H,5-6,16-18H2,1-4H3/t20-,22-,23-,24?,28+,29-/m0/s1. The Hall–Kier alpha value is -2.97. The number of fused-ring (bicyclic) bond motifs is 2. The molecule has 1 unspecified atom stereocenters. The Morgan fingerprint density at radius 1 is 0.973 bits per heavy atom. The highest BCUT2D eigenvalue weighted by Crippen LogP contribution is 2.59. The predicted octanol–water partition coefficient (Wildman–Crippen LogP) is 2.53. The summed E-state index contributed by atoms with van der Waals surface area (Å²) >= 11 is 0. The quantitative estimate of drug-likeness (QED) is 0.598. The van der Waals surface area contributed by atoms with Gasteiger partial charge in [-0.25, -0.2) is 0 Å². The molecular weight excluding hydrogens is 470 g/mol. The first-order chi connectivity index (χ1) is 17.8. The molecule has 0 aliphatic carbocycles. The molecule has 1 N–H and O–H groups in total. The van der Waals surface area contributed by atoms with Gasteiger partial charge in [-0.1, -0.05) is 56.4 Å². The van der Waals surface area contributed by atoms with Gasteiger partial charge in [0, 0.05) is 24.8 Å². The minimum absolute atomic E-state index is 0.0837. The zero-order valence-corrected chi connectivity index (χ0v) is 22.0. The summed E-state index contributed by atoms with van der Waals surface area (Å²) in [7, 11) is 0. The van der Waals surface area contributed by atoms with E-state index in [0.29, 0.717) is 25.9 Å². The van der Waals surface area contributed by atoms with Crippen molar-refractivity contribution >= 4 is 23.4 Å². The van der Waals surface area contributed by atoms with E-state index in [2.05, 4.69) is 0 Å². The third kappa shape index (κ3) is 3.60. The number of para-hydroxylation sites is 1. The summed E-state index contributed by atoms with van der Waals surface area (Å²) < 4.78 is 6.96. The monoisotopic (exact) mass is 507 g/mol. The number of likely N-dealkylation sites (tertiary alicyclic amines) is 1. The molecule has 0 saturated carbocycles. The van der Waals surface area contributed by atoms with Crippen LogP contribution in [-0.2, 0) is 19.1 Å². The number of carbonyl (C=O) groups is 3. The number of hydrogen-bond donors (Lipinski definition) is 1. The topological polar surface area (TPSA) is 90.4 Å². The molecular formula is C29H37N3O5. The first-order valence-electron chi connectivity index (χ1n) is 13.4. The lowest BCUT2D eigenvalue weighted by Crippen LogP contribution is -2.59. The number of aliphatic hydroxyl groups excluding tert-OH is 1. The normalized spacial score (nSPS) is 33.9. The van der Waals surface area contributed by atoms with E-state index in [9.17, 15) is 19.5 Å². The maximum absolute atomic E-state index is 14.4. The third-order valence-electron chi connectivity index (χ3n) is 8.68. The Labute approximate surface area is 218 Å². The van der Waals surface area contributed by atoms with Crippen LogP contribution in [0.1, 0.15) is 40.5 Å². The van der Waals surface area contributed by atoms with Gasteiger partial charge in [0.25, 0.3) is 0 Å². The van der Waals surface area contributed by atoms with Crippen molar-refractivity contribution in [3.8, 4) is 0 Å². The van der Waals surface area contributed by atoms with Crippen LogP contribution >= 0.6 is 0 Å². The highest BCUT2D eigenvalue weighted by atomic mass is 16.5. The predicted molar refractivity (Wildman–Crippen MR) is 140 cm³/mol. The summed E-state index contributed by atoms with van der Waals surface area (Å²) in [5.74, 6) is -2.38. The second-order valence-corrected chi connectivity index (χ2v) is 10.8. The molecule has 2 saturated heterocycles. The number of amides is 3. The molecule has 0 bridgehead atoms. The van der Waals surface area contributed by atoms with Gasteiger partial charge in [-0.3, -0.25) is 14.4 Å². The van der Waals surface area contributed by atoms with E-state index in [1.54, 1.807) is 9.80 Å². The molecule has 5 rings (SSSR count). The summed E-state index contributed by atoms with van der Waals surface area (Å²) in [5, 5.41) is 10.2. The maximum atomic E-state index is 14.4. The number of anilines is 1. The van der Waals surface area contributed by atoms with Crippen LogP contribution in [0.5, 0.6) is 0 Å². The van der Waals surface area contributed by atoms with E-state index in [1.165, 1.54) is 4.90 Å². The minimum atomic E-state index is -1.30. The van der Waals surface area contributed by atoms with Gasteiger partial charge in [-0.2, -0.15) is 0 Å². The third-order valence-corrected chi connectivity index (χ3v) is 8.68. The highest BCUT2D eigenvalue weighted by Gasteiger charge is 2.75. The van der Waals surface area contributed by atoms with E-state index in [1.807, 2.05) is 82.3 Å². The molecule has 4 heterocycles. The average molecular weight is 508 g/mol.